The Morgan fingerprint density at radius 3 is 2.62 bits per heavy atom. The summed E-state index contributed by atoms with van der Waals surface area (Å²) in [5.41, 5.74) is 3.54. The predicted octanol–water partition coefficient (Wildman–Crippen LogP) is 2.63. The van der Waals surface area contributed by atoms with Crippen LogP contribution in [0, 0.1) is 13.8 Å². The van der Waals surface area contributed by atoms with Gasteiger partial charge in [0.05, 0.1) is 0 Å². The van der Waals surface area contributed by atoms with Gasteiger partial charge in [0.15, 0.2) is 0 Å². The SMILES string of the molecule is Cc1cccc(NC(=O)c2ccnc(C(=O)NCCCN(C)C)c2)c1C. The number of aryl methyl sites for hydroxylation is 1. The topological polar surface area (TPSA) is 74.3 Å². The van der Waals surface area contributed by atoms with E-state index in [0.29, 0.717) is 12.1 Å². The molecule has 0 spiro atoms. The molecule has 2 amide bonds. The lowest BCUT2D eigenvalue weighted by Crippen LogP contribution is -2.28. The van der Waals surface area contributed by atoms with Crippen molar-refractivity contribution in [2.24, 2.45) is 0 Å². The number of benzene rings is 1. The van der Waals surface area contributed by atoms with Gasteiger partial charge in [0.25, 0.3) is 11.8 Å². The summed E-state index contributed by atoms with van der Waals surface area (Å²) in [6.07, 6.45) is 2.33. The van der Waals surface area contributed by atoms with Crippen molar-refractivity contribution < 1.29 is 9.59 Å². The molecule has 26 heavy (non-hydrogen) atoms. The number of pyridine rings is 1. The van der Waals surface area contributed by atoms with E-state index in [1.807, 2.05) is 46.1 Å². The van der Waals surface area contributed by atoms with Crippen LogP contribution >= 0.6 is 0 Å². The van der Waals surface area contributed by atoms with Crippen LogP contribution in [0.25, 0.3) is 0 Å². The summed E-state index contributed by atoms with van der Waals surface area (Å²) >= 11 is 0. The molecule has 1 aromatic heterocycles. The van der Waals surface area contributed by atoms with Crippen LogP contribution in [0.2, 0.25) is 0 Å². The third kappa shape index (κ3) is 5.39. The number of nitrogens with one attached hydrogen (secondary N) is 2. The summed E-state index contributed by atoms with van der Waals surface area (Å²) < 4.78 is 0. The Hall–Kier alpha value is -2.73. The van der Waals surface area contributed by atoms with Crippen LogP contribution in [0.4, 0.5) is 5.69 Å². The molecule has 0 fully saturated rings. The van der Waals surface area contributed by atoms with Crippen LogP contribution in [-0.4, -0.2) is 48.9 Å². The maximum Gasteiger partial charge on any atom is 0.269 e. The second-order valence-electron chi connectivity index (χ2n) is 6.54. The van der Waals surface area contributed by atoms with Gasteiger partial charge in [0, 0.05) is 24.0 Å². The first kappa shape index (κ1) is 19.6. The van der Waals surface area contributed by atoms with Gasteiger partial charge in [-0.1, -0.05) is 12.1 Å². The Kier molecular flexibility index (Phi) is 6.86. The Bertz CT molecular complexity index is 787. The molecule has 0 bridgehead atoms. The third-order valence-corrected chi connectivity index (χ3v) is 4.18. The Morgan fingerprint density at radius 1 is 1.12 bits per heavy atom. The lowest BCUT2D eigenvalue weighted by Gasteiger charge is -2.11. The van der Waals surface area contributed by atoms with Crippen molar-refractivity contribution >= 4 is 17.5 Å². The van der Waals surface area contributed by atoms with Gasteiger partial charge in [-0.2, -0.15) is 0 Å². The van der Waals surface area contributed by atoms with Crippen molar-refractivity contribution in [1.82, 2.24) is 15.2 Å². The number of hydrogen-bond donors (Lipinski definition) is 2. The zero-order valence-electron chi connectivity index (χ0n) is 15.8. The van der Waals surface area contributed by atoms with Crippen molar-refractivity contribution in [2.45, 2.75) is 20.3 Å². The van der Waals surface area contributed by atoms with Gasteiger partial charge in [0.2, 0.25) is 0 Å². The highest BCUT2D eigenvalue weighted by atomic mass is 16.2. The van der Waals surface area contributed by atoms with Crippen LogP contribution in [-0.2, 0) is 0 Å². The highest BCUT2D eigenvalue weighted by Crippen LogP contribution is 2.19. The van der Waals surface area contributed by atoms with Crippen molar-refractivity contribution in [1.29, 1.82) is 0 Å². The van der Waals surface area contributed by atoms with E-state index in [-0.39, 0.29) is 17.5 Å². The first-order valence-electron chi connectivity index (χ1n) is 8.65. The van der Waals surface area contributed by atoms with Crippen molar-refractivity contribution in [3.8, 4) is 0 Å². The van der Waals surface area contributed by atoms with E-state index in [4.69, 9.17) is 0 Å². The van der Waals surface area contributed by atoms with Crippen LogP contribution in [0.1, 0.15) is 38.4 Å². The molecule has 1 heterocycles. The molecule has 2 rings (SSSR count). The molecule has 6 heteroatoms. The second kappa shape index (κ2) is 9.10. The highest BCUT2D eigenvalue weighted by molar-refractivity contribution is 6.06. The molecule has 0 unspecified atom stereocenters. The summed E-state index contributed by atoms with van der Waals surface area (Å²) in [7, 11) is 3.98. The number of hydrogen-bond acceptors (Lipinski definition) is 4. The number of amides is 2. The number of carbonyl (C=O) groups is 2. The summed E-state index contributed by atoms with van der Waals surface area (Å²) in [5, 5.41) is 5.72. The lowest BCUT2D eigenvalue weighted by molar-refractivity contribution is 0.0947. The summed E-state index contributed by atoms with van der Waals surface area (Å²) in [4.78, 5) is 30.8. The van der Waals surface area contributed by atoms with E-state index in [1.54, 1.807) is 6.07 Å². The molecular weight excluding hydrogens is 328 g/mol. The van der Waals surface area contributed by atoms with E-state index in [9.17, 15) is 9.59 Å². The van der Waals surface area contributed by atoms with Crippen molar-refractivity contribution in [3.63, 3.8) is 0 Å². The van der Waals surface area contributed by atoms with Crippen LogP contribution < -0.4 is 10.6 Å². The summed E-state index contributed by atoms with van der Waals surface area (Å²) in [5.74, 6) is -0.534. The minimum Gasteiger partial charge on any atom is -0.351 e. The van der Waals surface area contributed by atoms with Gasteiger partial charge < -0.3 is 15.5 Å². The molecule has 0 atom stereocenters. The van der Waals surface area contributed by atoms with Crippen molar-refractivity contribution in [2.75, 3.05) is 32.5 Å². The second-order valence-corrected chi connectivity index (χ2v) is 6.54. The maximum absolute atomic E-state index is 12.5. The van der Waals surface area contributed by atoms with Gasteiger partial charge in [-0.3, -0.25) is 14.6 Å². The lowest BCUT2D eigenvalue weighted by atomic mass is 10.1. The molecule has 1 aromatic carbocycles. The van der Waals surface area contributed by atoms with Crippen LogP contribution in [0.15, 0.2) is 36.5 Å². The molecule has 0 saturated carbocycles. The van der Waals surface area contributed by atoms with Gasteiger partial charge in [0.1, 0.15) is 5.69 Å². The molecule has 6 nitrogen and oxygen atoms in total. The smallest absolute Gasteiger partial charge is 0.269 e. The highest BCUT2D eigenvalue weighted by Gasteiger charge is 2.13. The van der Waals surface area contributed by atoms with E-state index >= 15 is 0 Å². The first-order valence-corrected chi connectivity index (χ1v) is 8.65. The molecule has 2 N–H and O–H groups in total. The molecule has 0 saturated heterocycles. The molecule has 0 aliphatic carbocycles. The van der Waals surface area contributed by atoms with Gasteiger partial charge in [-0.15, -0.1) is 0 Å². The standard InChI is InChI=1S/C20H26N4O2/c1-14-7-5-8-17(15(14)2)23-19(25)16-9-11-21-18(13-16)20(26)22-10-6-12-24(3)4/h5,7-9,11,13H,6,10,12H2,1-4H3,(H,22,26)(H,23,25). The summed E-state index contributed by atoms with van der Waals surface area (Å²) in [6, 6.07) is 8.87. The zero-order chi connectivity index (χ0) is 19.1. The minimum atomic E-state index is -0.273. The molecule has 2 aromatic rings. The average molecular weight is 354 g/mol. The average Bonchev–Trinajstić information content (AvgIpc) is 2.62. The number of aromatic nitrogens is 1. The normalized spacial score (nSPS) is 10.7. The molecule has 138 valence electrons. The fourth-order valence-corrected chi connectivity index (χ4v) is 2.46. The zero-order valence-corrected chi connectivity index (χ0v) is 15.8. The Balaban J connectivity index is 2.02. The summed E-state index contributed by atoms with van der Waals surface area (Å²) in [6.45, 7) is 5.42. The number of rotatable bonds is 7. The number of anilines is 1. The molecule has 0 radical (unpaired) electrons. The Morgan fingerprint density at radius 2 is 1.88 bits per heavy atom. The maximum atomic E-state index is 12.5. The first-order chi connectivity index (χ1) is 12.4. The van der Waals surface area contributed by atoms with E-state index in [1.165, 1.54) is 12.3 Å². The van der Waals surface area contributed by atoms with E-state index < -0.39 is 0 Å². The quantitative estimate of drug-likeness (QED) is 0.750. The van der Waals surface area contributed by atoms with Gasteiger partial charge >= 0.3 is 0 Å². The molecule has 0 aliphatic rings. The monoisotopic (exact) mass is 354 g/mol. The van der Waals surface area contributed by atoms with E-state index in [0.717, 1.165) is 29.8 Å². The largest absolute Gasteiger partial charge is 0.351 e. The van der Waals surface area contributed by atoms with Crippen LogP contribution in [0.5, 0.6) is 0 Å². The van der Waals surface area contributed by atoms with Gasteiger partial charge in [-0.25, -0.2) is 0 Å². The fourth-order valence-electron chi connectivity index (χ4n) is 2.46. The van der Waals surface area contributed by atoms with Gasteiger partial charge in [-0.05, 0) is 70.2 Å². The third-order valence-electron chi connectivity index (χ3n) is 4.18. The number of nitrogens with zero attached hydrogens (tertiary/aromatic N) is 2. The Labute approximate surface area is 154 Å². The van der Waals surface area contributed by atoms with Crippen LogP contribution in [0.3, 0.4) is 0 Å². The predicted molar refractivity (Wildman–Crippen MR) is 104 cm³/mol. The fraction of sp³-hybridized carbons (Fsp3) is 0.350. The van der Waals surface area contributed by atoms with Crippen molar-refractivity contribution in [3.05, 3.63) is 58.9 Å². The number of carbonyl (C=O) groups excluding carboxylic acids is 2. The minimum absolute atomic E-state index is 0.239. The van der Waals surface area contributed by atoms with E-state index in [2.05, 4.69) is 20.5 Å². The molecular formula is C20H26N4O2. The molecule has 0 aliphatic heterocycles.